The van der Waals surface area contributed by atoms with Crippen LogP contribution in [-0.4, -0.2) is 53.5 Å². The molecule has 0 unspecified atom stereocenters. The number of amides is 1. The van der Waals surface area contributed by atoms with Crippen LogP contribution in [0.3, 0.4) is 0 Å². The van der Waals surface area contributed by atoms with E-state index >= 15 is 0 Å². The van der Waals surface area contributed by atoms with Crippen molar-refractivity contribution in [3.63, 3.8) is 0 Å². The molecular formula is C13H19ClF3N5O. The van der Waals surface area contributed by atoms with Crippen molar-refractivity contribution < 1.29 is 18.0 Å². The molecule has 0 spiro atoms. The lowest BCUT2D eigenvalue weighted by molar-refractivity contribution is -0.138. The fourth-order valence-electron chi connectivity index (χ4n) is 2.20. The number of hydrogen-bond acceptors (Lipinski definition) is 5. The van der Waals surface area contributed by atoms with E-state index in [1.807, 2.05) is 0 Å². The van der Waals surface area contributed by atoms with Crippen LogP contribution in [0.1, 0.15) is 18.4 Å². The van der Waals surface area contributed by atoms with Crippen LogP contribution in [-0.2, 0) is 11.0 Å². The fourth-order valence-corrected chi connectivity index (χ4v) is 2.20. The zero-order chi connectivity index (χ0) is 16.2. The molecule has 1 aliphatic rings. The summed E-state index contributed by atoms with van der Waals surface area (Å²) in [7, 11) is 0. The average Bonchev–Trinajstić information content (AvgIpc) is 2.52. The van der Waals surface area contributed by atoms with Gasteiger partial charge in [0.05, 0.1) is 5.56 Å². The van der Waals surface area contributed by atoms with Gasteiger partial charge < -0.3 is 15.5 Å². The number of rotatable bonds is 4. The Kier molecular flexibility index (Phi) is 7.01. The summed E-state index contributed by atoms with van der Waals surface area (Å²) in [6.45, 7) is 2.49. The molecule has 2 heterocycles. The SMILES string of the molecule is Cl.NCCCC(=O)N1CCN(c2ncc(C(F)(F)F)cn2)CC1. The van der Waals surface area contributed by atoms with Crippen LogP contribution >= 0.6 is 12.4 Å². The third-order valence-corrected chi connectivity index (χ3v) is 3.48. The van der Waals surface area contributed by atoms with E-state index in [-0.39, 0.29) is 24.3 Å². The second-order valence-electron chi connectivity index (χ2n) is 5.03. The summed E-state index contributed by atoms with van der Waals surface area (Å²) in [6, 6.07) is 0. The lowest BCUT2D eigenvalue weighted by Gasteiger charge is -2.34. The lowest BCUT2D eigenvalue weighted by atomic mass is 10.2. The first kappa shape index (κ1) is 19.4. The number of anilines is 1. The van der Waals surface area contributed by atoms with Crippen molar-refractivity contribution in [2.24, 2.45) is 5.73 Å². The van der Waals surface area contributed by atoms with Gasteiger partial charge in [0.15, 0.2) is 0 Å². The smallest absolute Gasteiger partial charge is 0.339 e. The maximum absolute atomic E-state index is 12.5. The third-order valence-electron chi connectivity index (χ3n) is 3.48. The highest BCUT2D eigenvalue weighted by atomic mass is 35.5. The number of aromatic nitrogens is 2. The van der Waals surface area contributed by atoms with Crippen molar-refractivity contribution in [1.29, 1.82) is 0 Å². The summed E-state index contributed by atoms with van der Waals surface area (Å²) in [5.41, 5.74) is 4.50. The first-order chi connectivity index (χ1) is 10.4. The minimum Gasteiger partial charge on any atom is -0.339 e. The molecule has 0 saturated carbocycles. The number of halogens is 4. The second-order valence-corrected chi connectivity index (χ2v) is 5.03. The molecule has 6 nitrogen and oxygen atoms in total. The van der Waals surface area contributed by atoms with Gasteiger partial charge >= 0.3 is 6.18 Å². The van der Waals surface area contributed by atoms with E-state index in [1.54, 1.807) is 9.80 Å². The van der Waals surface area contributed by atoms with Crippen molar-refractivity contribution in [3.05, 3.63) is 18.0 Å². The fraction of sp³-hybridized carbons (Fsp3) is 0.615. The number of nitrogens with zero attached hydrogens (tertiary/aromatic N) is 4. The van der Waals surface area contributed by atoms with E-state index in [1.165, 1.54) is 0 Å². The molecule has 10 heteroatoms. The van der Waals surface area contributed by atoms with Crippen LogP contribution in [0.25, 0.3) is 0 Å². The van der Waals surface area contributed by atoms with E-state index in [9.17, 15) is 18.0 Å². The Labute approximate surface area is 138 Å². The number of carbonyl (C=O) groups excluding carboxylic acids is 1. The Morgan fingerprint density at radius 1 is 1.17 bits per heavy atom. The normalized spacial score (nSPS) is 15.3. The van der Waals surface area contributed by atoms with Crippen LogP contribution in [0, 0.1) is 0 Å². The molecule has 2 rings (SSSR count). The lowest BCUT2D eigenvalue weighted by Crippen LogP contribution is -2.49. The molecule has 1 amide bonds. The number of carbonyl (C=O) groups is 1. The maximum Gasteiger partial charge on any atom is 0.419 e. The zero-order valence-electron chi connectivity index (χ0n) is 12.4. The molecule has 0 atom stereocenters. The van der Waals surface area contributed by atoms with Gasteiger partial charge in [-0.1, -0.05) is 0 Å². The summed E-state index contributed by atoms with van der Waals surface area (Å²) in [5, 5.41) is 0. The van der Waals surface area contributed by atoms with E-state index in [0.717, 1.165) is 12.4 Å². The minimum absolute atomic E-state index is 0. The number of hydrogen-bond donors (Lipinski definition) is 1. The molecule has 0 bridgehead atoms. The highest BCUT2D eigenvalue weighted by molar-refractivity contribution is 5.85. The van der Waals surface area contributed by atoms with E-state index in [0.29, 0.717) is 45.6 Å². The van der Waals surface area contributed by atoms with E-state index in [2.05, 4.69) is 9.97 Å². The summed E-state index contributed by atoms with van der Waals surface area (Å²) in [5.74, 6) is 0.306. The quantitative estimate of drug-likeness (QED) is 0.883. The van der Waals surface area contributed by atoms with Crippen molar-refractivity contribution in [2.45, 2.75) is 19.0 Å². The van der Waals surface area contributed by atoms with Gasteiger partial charge in [0.2, 0.25) is 11.9 Å². The van der Waals surface area contributed by atoms with E-state index < -0.39 is 11.7 Å². The summed E-state index contributed by atoms with van der Waals surface area (Å²) in [6.07, 6.45) is -1.80. The predicted octanol–water partition coefficient (Wildman–Crippen LogP) is 1.30. The van der Waals surface area contributed by atoms with Gasteiger partial charge in [-0.25, -0.2) is 9.97 Å². The largest absolute Gasteiger partial charge is 0.419 e. The molecule has 1 aliphatic heterocycles. The van der Waals surface area contributed by atoms with Gasteiger partial charge in [0.1, 0.15) is 0 Å². The highest BCUT2D eigenvalue weighted by Gasteiger charge is 2.32. The summed E-state index contributed by atoms with van der Waals surface area (Å²) in [4.78, 5) is 22.9. The maximum atomic E-state index is 12.5. The molecule has 0 aromatic carbocycles. The van der Waals surface area contributed by atoms with Crippen LogP contribution < -0.4 is 10.6 Å². The summed E-state index contributed by atoms with van der Waals surface area (Å²) < 4.78 is 37.4. The Balaban J connectivity index is 0.00000264. The van der Waals surface area contributed by atoms with Crippen molar-refractivity contribution in [1.82, 2.24) is 14.9 Å². The molecule has 1 aromatic rings. The van der Waals surface area contributed by atoms with Gasteiger partial charge in [-0.15, -0.1) is 12.4 Å². The van der Waals surface area contributed by atoms with Crippen LogP contribution in [0.5, 0.6) is 0 Å². The van der Waals surface area contributed by atoms with Gasteiger partial charge in [0, 0.05) is 45.0 Å². The van der Waals surface area contributed by atoms with Crippen molar-refractivity contribution in [2.75, 3.05) is 37.6 Å². The van der Waals surface area contributed by atoms with Gasteiger partial charge in [-0.2, -0.15) is 13.2 Å². The van der Waals surface area contributed by atoms with Crippen LogP contribution in [0.2, 0.25) is 0 Å². The van der Waals surface area contributed by atoms with Crippen LogP contribution in [0.4, 0.5) is 19.1 Å². The monoisotopic (exact) mass is 353 g/mol. The van der Waals surface area contributed by atoms with Crippen molar-refractivity contribution in [3.8, 4) is 0 Å². The molecule has 1 fully saturated rings. The van der Waals surface area contributed by atoms with Crippen molar-refractivity contribution >= 4 is 24.3 Å². The Morgan fingerprint density at radius 2 is 1.74 bits per heavy atom. The summed E-state index contributed by atoms with van der Waals surface area (Å²) >= 11 is 0. The van der Waals surface area contributed by atoms with Gasteiger partial charge in [-0.05, 0) is 13.0 Å². The Morgan fingerprint density at radius 3 is 2.22 bits per heavy atom. The third kappa shape index (κ3) is 5.21. The standard InChI is InChI=1S/C13H18F3N5O.ClH/c14-13(15,16)10-8-18-12(19-9-10)21-6-4-20(5-7-21)11(22)2-1-3-17;/h8-9H,1-7,17H2;1H. The Hall–Kier alpha value is -1.61. The zero-order valence-corrected chi connectivity index (χ0v) is 13.2. The molecule has 0 radical (unpaired) electrons. The van der Waals surface area contributed by atoms with Crippen LogP contribution in [0.15, 0.2) is 12.4 Å². The average molecular weight is 354 g/mol. The second kappa shape index (κ2) is 8.30. The van der Waals surface area contributed by atoms with Gasteiger partial charge in [0.25, 0.3) is 0 Å². The number of alkyl halides is 3. The van der Waals surface area contributed by atoms with Gasteiger partial charge in [-0.3, -0.25) is 4.79 Å². The van der Waals surface area contributed by atoms with E-state index in [4.69, 9.17) is 5.73 Å². The minimum atomic E-state index is -4.44. The first-order valence-corrected chi connectivity index (χ1v) is 7.04. The first-order valence-electron chi connectivity index (χ1n) is 7.04. The molecule has 2 N–H and O–H groups in total. The number of piperazine rings is 1. The molecule has 1 aromatic heterocycles. The Bertz CT molecular complexity index is 503. The highest BCUT2D eigenvalue weighted by Crippen LogP contribution is 2.28. The predicted molar refractivity (Wildman–Crippen MR) is 81.4 cm³/mol. The number of nitrogens with two attached hydrogens (primary N) is 1. The molecule has 130 valence electrons. The molecule has 1 saturated heterocycles. The topological polar surface area (TPSA) is 75.4 Å². The molecular weight excluding hydrogens is 335 g/mol. The molecule has 0 aliphatic carbocycles. The molecule has 23 heavy (non-hydrogen) atoms.